The fourth-order valence-corrected chi connectivity index (χ4v) is 2.52. The van der Waals surface area contributed by atoms with E-state index in [1.807, 2.05) is 24.3 Å². The van der Waals surface area contributed by atoms with E-state index in [2.05, 4.69) is 10.6 Å². The molecule has 25 heavy (non-hydrogen) atoms. The monoisotopic (exact) mass is 339 g/mol. The van der Waals surface area contributed by atoms with Crippen LogP contribution < -0.4 is 10.6 Å². The molecule has 2 aromatic carbocycles. The van der Waals surface area contributed by atoms with Crippen molar-refractivity contribution in [3.63, 3.8) is 0 Å². The topological polar surface area (TPSA) is 78.5 Å². The molecule has 0 atom stereocenters. The number of hydrogen-bond acceptors (Lipinski definition) is 3. The molecule has 3 rings (SSSR count). The average Bonchev–Trinajstić information content (AvgIpc) is 3.43. The lowest BCUT2D eigenvalue weighted by Crippen LogP contribution is -2.36. The van der Waals surface area contributed by atoms with Gasteiger partial charge in [-0.15, -0.1) is 0 Å². The summed E-state index contributed by atoms with van der Waals surface area (Å²) in [5, 5.41) is 7.32. The van der Waals surface area contributed by atoms with Gasteiger partial charge in [0.2, 0.25) is 11.8 Å². The van der Waals surface area contributed by atoms with Gasteiger partial charge in [0.15, 0.2) is 0 Å². The Labute approximate surface area is 146 Å². The number of benzene rings is 2. The van der Waals surface area contributed by atoms with Crippen molar-refractivity contribution < 1.29 is 14.4 Å². The number of rotatable bonds is 5. The minimum absolute atomic E-state index is 0.0395. The smallest absolute Gasteiger partial charge is 0.253 e. The SMILES string of the molecule is CN(C)C(=O)CNC(=O)c1cc2ccccc2cc1NC(=O)C1CC1. The van der Waals surface area contributed by atoms with Crippen molar-refractivity contribution in [1.29, 1.82) is 0 Å². The lowest BCUT2D eigenvalue weighted by molar-refractivity contribution is -0.127. The van der Waals surface area contributed by atoms with Gasteiger partial charge in [-0.05, 0) is 35.7 Å². The maximum atomic E-state index is 12.6. The first-order valence-electron chi connectivity index (χ1n) is 8.27. The molecule has 1 saturated carbocycles. The Morgan fingerprint density at radius 3 is 2.32 bits per heavy atom. The first-order valence-corrected chi connectivity index (χ1v) is 8.27. The molecule has 0 bridgehead atoms. The highest BCUT2D eigenvalue weighted by Gasteiger charge is 2.30. The highest BCUT2D eigenvalue weighted by atomic mass is 16.2. The fraction of sp³-hybridized carbons (Fsp3) is 0.316. The summed E-state index contributed by atoms with van der Waals surface area (Å²) >= 11 is 0. The van der Waals surface area contributed by atoms with Gasteiger partial charge in [0.05, 0.1) is 17.8 Å². The van der Waals surface area contributed by atoms with Crippen LogP contribution in [0.2, 0.25) is 0 Å². The van der Waals surface area contributed by atoms with Gasteiger partial charge in [-0.3, -0.25) is 14.4 Å². The summed E-state index contributed by atoms with van der Waals surface area (Å²) in [6, 6.07) is 11.2. The summed E-state index contributed by atoms with van der Waals surface area (Å²) in [5.41, 5.74) is 0.838. The van der Waals surface area contributed by atoms with Gasteiger partial charge in [0.25, 0.3) is 5.91 Å². The van der Waals surface area contributed by atoms with Crippen molar-refractivity contribution in [1.82, 2.24) is 10.2 Å². The largest absolute Gasteiger partial charge is 0.347 e. The molecule has 0 heterocycles. The Hall–Kier alpha value is -2.89. The molecular formula is C19H21N3O3. The van der Waals surface area contributed by atoms with Crippen molar-refractivity contribution in [2.75, 3.05) is 26.0 Å². The molecule has 0 spiro atoms. The van der Waals surface area contributed by atoms with Gasteiger partial charge < -0.3 is 15.5 Å². The molecule has 0 aliphatic heterocycles. The second-order valence-electron chi connectivity index (χ2n) is 6.48. The van der Waals surface area contributed by atoms with Gasteiger partial charge in [0.1, 0.15) is 0 Å². The summed E-state index contributed by atoms with van der Waals surface area (Å²) < 4.78 is 0. The van der Waals surface area contributed by atoms with Crippen LogP contribution in [0.1, 0.15) is 23.2 Å². The molecule has 0 saturated heterocycles. The van der Waals surface area contributed by atoms with Gasteiger partial charge in [0, 0.05) is 20.0 Å². The highest BCUT2D eigenvalue weighted by molar-refractivity contribution is 6.08. The Bertz CT molecular complexity index is 841. The molecule has 6 nitrogen and oxygen atoms in total. The van der Waals surface area contributed by atoms with Crippen LogP contribution in [0.15, 0.2) is 36.4 Å². The Kier molecular flexibility index (Phi) is 4.70. The second-order valence-corrected chi connectivity index (χ2v) is 6.48. The number of likely N-dealkylation sites (N-methyl/N-ethyl adjacent to an activating group) is 1. The quantitative estimate of drug-likeness (QED) is 0.875. The minimum atomic E-state index is -0.382. The van der Waals surface area contributed by atoms with Gasteiger partial charge in [-0.1, -0.05) is 24.3 Å². The number of carbonyl (C=O) groups is 3. The van der Waals surface area contributed by atoms with Crippen molar-refractivity contribution in [2.45, 2.75) is 12.8 Å². The zero-order valence-electron chi connectivity index (χ0n) is 14.3. The Morgan fingerprint density at radius 1 is 1.08 bits per heavy atom. The molecule has 6 heteroatoms. The third-order valence-electron chi connectivity index (χ3n) is 4.24. The third-order valence-corrected chi connectivity index (χ3v) is 4.24. The van der Waals surface area contributed by atoms with Crippen LogP contribution in [0.4, 0.5) is 5.69 Å². The summed E-state index contributed by atoms with van der Waals surface area (Å²) in [6.45, 7) is -0.0886. The Morgan fingerprint density at radius 2 is 1.72 bits per heavy atom. The first kappa shape index (κ1) is 17.0. The molecule has 2 aromatic rings. The van der Waals surface area contributed by atoms with E-state index in [9.17, 15) is 14.4 Å². The maximum Gasteiger partial charge on any atom is 0.253 e. The lowest BCUT2D eigenvalue weighted by atomic mass is 10.0. The van der Waals surface area contributed by atoms with Gasteiger partial charge >= 0.3 is 0 Å². The molecule has 3 amide bonds. The number of fused-ring (bicyclic) bond motifs is 1. The van der Waals surface area contributed by atoms with Gasteiger partial charge in [-0.2, -0.15) is 0 Å². The zero-order valence-corrected chi connectivity index (χ0v) is 14.3. The van der Waals surface area contributed by atoms with Crippen LogP contribution in [0.3, 0.4) is 0 Å². The number of carbonyl (C=O) groups excluding carboxylic acids is 3. The second kappa shape index (κ2) is 6.93. The minimum Gasteiger partial charge on any atom is -0.347 e. The molecule has 0 radical (unpaired) electrons. The van der Waals surface area contributed by atoms with Crippen LogP contribution in [0.25, 0.3) is 10.8 Å². The molecule has 0 aromatic heterocycles. The van der Waals surface area contributed by atoms with E-state index in [4.69, 9.17) is 0 Å². The summed E-state index contributed by atoms with van der Waals surface area (Å²) in [6.07, 6.45) is 1.77. The van der Waals surface area contributed by atoms with Crippen molar-refractivity contribution in [2.24, 2.45) is 5.92 Å². The predicted molar refractivity (Wildman–Crippen MR) is 96.3 cm³/mol. The predicted octanol–water partition coefficient (Wildman–Crippen LogP) is 2.01. The maximum absolute atomic E-state index is 12.6. The van der Waals surface area contributed by atoms with E-state index < -0.39 is 0 Å². The van der Waals surface area contributed by atoms with E-state index >= 15 is 0 Å². The molecular weight excluding hydrogens is 318 g/mol. The van der Waals surface area contributed by atoms with Crippen LogP contribution in [0.5, 0.6) is 0 Å². The molecule has 2 N–H and O–H groups in total. The highest BCUT2D eigenvalue weighted by Crippen LogP contribution is 2.31. The normalized spacial score (nSPS) is 13.4. The fourth-order valence-electron chi connectivity index (χ4n) is 2.52. The number of nitrogens with zero attached hydrogens (tertiary/aromatic N) is 1. The van der Waals surface area contributed by atoms with Crippen LogP contribution in [-0.2, 0) is 9.59 Å². The van der Waals surface area contributed by atoms with E-state index in [0.29, 0.717) is 11.3 Å². The van der Waals surface area contributed by atoms with E-state index in [-0.39, 0.29) is 30.2 Å². The van der Waals surface area contributed by atoms with Gasteiger partial charge in [-0.25, -0.2) is 0 Å². The lowest BCUT2D eigenvalue weighted by Gasteiger charge is -2.14. The van der Waals surface area contributed by atoms with Crippen LogP contribution >= 0.6 is 0 Å². The van der Waals surface area contributed by atoms with Crippen LogP contribution in [0, 0.1) is 5.92 Å². The Balaban J connectivity index is 1.88. The van der Waals surface area contributed by atoms with Crippen molar-refractivity contribution in [3.05, 3.63) is 42.0 Å². The summed E-state index contributed by atoms with van der Waals surface area (Å²) in [4.78, 5) is 37.8. The summed E-state index contributed by atoms with van der Waals surface area (Å²) in [7, 11) is 3.26. The third kappa shape index (κ3) is 3.96. The first-order chi connectivity index (χ1) is 12.0. The molecule has 1 aliphatic rings. The number of amides is 3. The van der Waals surface area contributed by atoms with E-state index in [1.54, 1.807) is 26.2 Å². The van der Waals surface area contributed by atoms with E-state index in [1.165, 1.54) is 4.90 Å². The zero-order chi connectivity index (χ0) is 18.0. The van der Waals surface area contributed by atoms with Crippen molar-refractivity contribution >= 4 is 34.2 Å². The average molecular weight is 339 g/mol. The molecule has 0 unspecified atom stereocenters. The molecule has 130 valence electrons. The number of nitrogens with one attached hydrogen (secondary N) is 2. The number of anilines is 1. The summed E-state index contributed by atoms with van der Waals surface area (Å²) in [5.74, 6) is -0.601. The number of hydrogen-bond donors (Lipinski definition) is 2. The van der Waals surface area contributed by atoms with Crippen molar-refractivity contribution in [3.8, 4) is 0 Å². The van der Waals surface area contributed by atoms with E-state index in [0.717, 1.165) is 23.6 Å². The molecule has 1 fully saturated rings. The standard InChI is InChI=1S/C19H21N3O3/c1-22(2)17(23)11-20-19(25)15-9-13-5-3-4-6-14(13)10-16(15)21-18(24)12-7-8-12/h3-6,9-10,12H,7-8,11H2,1-2H3,(H,20,25)(H,21,24). The van der Waals surface area contributed by atoms with Crippen LogP contribution in [-0.4, -0.2) is 43.3 Å². The molecule has 1 aliphatic carbocycles.